The van der Waals surface area contributed by atoms with Gasteiger partial charge in [0.05, 0.1) is 11.0 Å². The van der Waals surface area contributed by atoms with Crippen molar-refractivity contribution in [2.45, 2.75) is 49.1 Å². The van der Waals surface area contributed by atoms with Crippen LogP contribution in [0.4, 0.5) is 0 Å². The van der Waals surface area contributed by atoms with Crippen LogP contribution in [0.15, 0.2) is 53.7 Å². The van der Waals surface area contributed by atoms with Gasteiger partial charge in [-0.15, -0.1) is 0 Å². The van der Waals surface area contributed by atoms with Crippen LogP contribution < -0.4 is 0 Å². The van der Waals surface area contributed by atoms with Crippen molar-refractivity contribution in [1.29, 1.82) is 0 Å². The van der Waals surface area contributed by atoms with Crippen LogP contribution >= 0.6 is 11.8 Å². The monoisotopic (exact) mass is 379 g/mol. The van der Waals surface area contributed by atoms with Crippen LogP contribution in [0.2, 0.25) is 0 Å². The third-order valence-electron chi connectivity index (χ3n) is 5.39. The minimum absolute atomic E-state index is 0.137. The van der Waals surface area contributed by atoms with Crippen molar-refractivity contribution in [2.75, 3.05) is 7.05 Å². The lowest BCUT2D eigenvalue weighted by Crippen LogP contribution is -2.38. The highest BCUT2D eigenvalue weighted by atomic mass is 32.2. The van der Waals surface area contributed by atoms with E-state index in [0.717, 1.165) is 40.3 Å². The van der Waals surface area contributed by atoms with E-state index in [1.165, 1.54) is 24.8 Å². The zero-order valence-corrected chi connectivity index (χ0v) is 16.5. The number of imidazole rings is 1. The molecule has 27 heavy (non-hydrogen) atoms. The predicted octanol–water partition coefficient (Wildman–Crippen LogP) is 5.26. The van der Waals surface area contributed by atoms with Crippen LogP contribution in [0, 0.1) is 0 Å². The Labute approximate surface area is 164 Å². The van der Waals surface area contributed by atoms with E-state index < -0.39 is 0 Å². The normalized spacial score (nSPS) is 15.1. The number of amides is 1. The maximum Gasteiger partial charge on any atom is 0.253 e. The highest BCUT2D eigenvalue weighted by molar-refractivity contribution is 7.98. The van der Waals surface area contributed by atoms with Crippen LogP contribution in [-0.4, -0.2) is 33.9 Å². The highest BCUT2D eigenvalue weighted by Gasteiger charge is 2.22. The summed E-state index contributed by atoms with van der Waals surface area (Å²) in [4.78, 5) is 22.6. The highest BCUT2D eigenvalue weighted by Crippen LogP contribution is 2.25. The van der Waals surface area contributed by atoms with Crippen molar-refractivity contribution in [3.8, 4) is 0 Å². The lowest BCUT2D eigenvalue weighted by atomic mass is 9.94. The van der Waals surface area contributed by atoms with Crippen LogP contribution in [0.5, 0.6) is 0 Å². The smallest absolute Gasteiger partial charge is 0.253 e. The molecule has 0 aliphatic heterocycles. The van der Waals surface area contributed by atoms with Gasteiger partial charge >= 0.3 is 0 Å². The Hall–Kier alpha value is -2.27. The maximum absolute atomic E-state index is 12.7. The SMILES string of the molecule is CN(C(=O)c1ccc(CSc2nc3ccccc3[nH]2)cc1)C1CCCCC1. The number of hydrogen-bond acceptors (Lipinski definition) is 3. The van der Waals surface area contributed by atoms with E-state index in [0.29, 0.717) is 6.04 Å². The molecule has 5 heteroatoms. The number of fused-ring (bicyclic) bond motifs is 1. The summed E-state index contributed by atoms with van der Waals surface area (Å²) in [6.45, 7) is 0. The lowest BCUT2D eigenvalue weighted by molar-refractivity contribution is 0.0696. The molecule has 1 saturated carbocycles. The third kappa shape index (κ3) is 4.19. The van der Waals surface area contributed by atoms with Crippen molar-refractivity contribution >= 4 is 28.7 Å². The lowest BCUT2D eigenvalue weighted by Gasteiger charge is -2.31. The molecule has 2 aromatic carbocycles. The number of nitrogens with one attached hydrogen (secondary N) is 1. The molecule has 0 spiro atoms. The van der Waals surface area contributed by atoms with Crippen LogP contribution in [-0.2, 0) is 5.75 Å². The second-order valence-corrected chi connectivity index (χ2v) is 8.22. The van der Waals surface area contributed by atoms with E-state index in [9.17, 15) is 4.79 Å². The molecule has 1 aliphatic rings. The van der Waals surface area contributed by atoms with Gasteiger partial charge in [-0.3, -0.25) is 4.79 Å². The number of para-hydroxylation sites is 2. The summed E-state index contributed by atoms with van der Waals surface area (Å²) in [5.74, 6) is 0.964. The zero-order valence-electron chi connectivity index (χ0n) is 15.6. The summed E-state index contributed by atoms with van der Waals surface area (Å²) in [5.41, 5.74) is 4.02. The van der Waals surface area contributed by atoms with Crippen molar-refractivity contribution in [3.05, 3.63) is 59.7 Å². The van der Waals surface area contributed by atoms with E-state index in [1.54, 1.807) is 11.8 Å². The molecule has 4 rings (SSSR count). The summed E-state index contributed by atoms with van der Waals surface area (Å²) >= 11 is 1.68. The Morgan fingerprint density at radius 2 is 1.85 bits per heavy atom. The molecular weight excluding hydrogens is 354 g/mol. The van der Waals surface area contributed by atoms with E-state index in [4.69, 9.17) is 0 Å². The zero-order chi connectivity index (χ0) is 18.6. The largest absolute Gasteiger partial charge is 0.339 e. The molecule has 1 heterocycles. The second-order valence-electron chi connectivity index (χ2n) is 7.25. The minimum atomic E-state index is 0.137. The molecule has 0 atom stereocenters. The third-order valence-corrected chi connectivity index (χ3v) is 6.33. The average Bonchev–Trinajstić information content (AvgIpc) is 3.15. The maximum atomic E-state index is 12.7. The number of H-pyrrole nitrogens is 1. The van der Waals surface area contributed by atoms with Gasteiger partial charge in [-0.05, 0) is 42.7 Å². The van der Waals surface area contributed by atoms with Gasteiger partial charge in [0.2, 0.25) is 0 Å². The molecular formula is C22H25N3OS. The first-order valence-electron chi connectivity index (χ1n) is 9.64. The quantitative estimate of drug-likeness (QED) is 0.615. The van der Waals surface area contributed by atoms with Gasteiger partial charge in [-0.1, -0.05) is 55.3 Å². The Kier molecular flexibility index (Phi) is 5.48. The number of rotatable bonds is 5. The first-order chi connectivity index (χ1) is 13.2. The summed E-state index contributed by atoms with van der Waals surface area (Å²) in [5, 5.41) is 0.924. The van der Waals surface area contributed by atoms with Gasteiger partial charge in [0, 0.05) is 24.4 Å². The molecule has 3 aromatic rings. The standard InChI is InChI=1S/C22H25N3OS/c1-25(18-7-3-2-4-8-18)21(26)17-13-11-16(12-14-17)15-27-22-23-19-9-5-6-10-20(19)24-22/h5-6,9-14,18H,2-4,7-8,15H2,1H3,(H,23,24). The molecule has 1 amide bonds. The fraction of sp³-hybridized carbons (Fsp3) is 0.364. The number of thioether (sulfide) groups is 1. The number of benzene rings is 2. The fourth-order valence-electron chi connectivity index (χ4n) is 3.73. The van der Waals surface area contributed by atoms with Crippen molar-refractivity contribution in [3.63, 3.8) is 0 Å². The Morgan fingerprint density at radius 3 is 2.59 bits per heavy atom. The summed E-state index contributed by atoms with van der Waals surface area (Å²) < 4.78 is 0. The number of hydrogen-bond donors (Lipinski definition) is 1. The number of aromatic nitrogens is 2. The van der Waals surface area contributed by atoms with Gasteiger partial charge in [0.25, 0.3) is 5.91 Å². The number of aromatic amines is 1. The van der Waals surface area contributed by atoms with Crippen LogP contribution in [0.25, 0.3) is 11.0 Å². The van der Waals surface area contributed by atoms with Gasteiger partial charge in [0.1, 0.15) is 0 Å². The number of carbonyl (C=O) groups excluding carboxylic acids is 1. The van der Waals surface area contributed by atoms with E-state index in [-0.39, 0.29) is 5.91 Å². The molecule has 1 fully saturated rings. The van der Waals surface area contributed by atoms with E-state index >= 15 is 0 Å². The Balaban J connectivity index is 1.37. The molecule has 0 unspecified atom stereocenters. The average molecular weight is 380 g/mol. The Bertz CT molecular complexity index is 880. The summed E-state index contributed by atoms with van der Waals surface area (Å²) in [6.07, 6.45) is 6.04. The van der Waals surface area contributed by atoms with Crippen molar-refractivity contribution in [1.82, 2.24) is 14.9 Å². The van der Waals surface area contributed by atoms with Gasteiger partial charge in [-0.2, -0.15) is 0 Å². The summed E-state index contributed by atoms with van der Waals surface area (Å²) in [7, 11) is 1.95. The first kappa shape index (κ1) is 18.1. The first-order valence-corrected chi connectivity index (χ1v) is 10.6. The summed E-state index contributed by atoms with van der Waals surface area (Å²) in [6, 6.07) is 16.5. The number of nitrogens with zero attached hydrogens (tertiary/aromatic N) is 2. The van der Waals surface area contributed by atoms with Crippen LogP contribution in [0.1, 0.15) is 48.0 Å². The van der Waals surface area contributed by atoms with Crippen molar-refractivity contribution < 1.29 is 4.79 Å². The molecule has 0 saturated heterocycles. The minimum Gasteiger partial charge on any atom is -0.339 e. The molecule has 0 bridgehead atoms. The fourth-order valence-corrected chi connectivity index (χ4v) is 4.57. The molecule has 1 aromatic heterocycles. The molecule has 1 aliphatic carbocycles. The molecule has 4 nitrogen and oxygen atoms in total. The molecule has 140 valence electrons. The predicted molar refractivity (Wildman–Crippen MR) is 111 cm³/mol. The topological polar surface area (TPSA) is 49.0 Å². The Morgan fingerprint density at radius 1 is 1.11 bits per heavy atom. The van der Waals surface area contributed by atoms with Gasteiger partial charge in [-0.25, -0.2) is 4.98 Å². The second kappa shape index (κ2) is 8.17. The van der Waals surface area contributed by atoms with E-state index in [1.807, 2.05) is 48.3 Å². The van der Waals surface area contributed by atoms with Crippen LogP contribution in [0.3, 0.4) is 0 Å². The van der Waals surface area contributed by atoms with Gasteiger partial charge < -0.3 is 9.88 Å². The van der Waals surface area contributed by atoms with Gasteiger partial charge in [0.15, 0.2) is 5.16 Å². The van der Waals surface area contributed by atoms with E-state index in [2.05, 4.69) is 22.1 Å². The van der Waals surface area contributed by atoms with Crippen molar-refractivity contribution in [2.24, 2.45) is 0 Å². The molecule has 1 N–H and O–H groups in total. The molecule has 0 radical (unpaired) electrons. The number of carbonyl (C=O) groups is 1.